The molecule has 0 amide bonds. The second-order valence-corrected chi connectivity index (χ2v) is 9.74. The van der Waals surface area contributed by atoms with Gasteiger partial charge in [0.15, 0.2) is 11.5 Å². The molecule has 1 aromatic carbocycles. The van der Waals surface area contributed by atoms with Gasteiger partial charge in [-0.15, -0.1) is 22.7 Å². The number of benzene rings is 1. The van der Waals surface area contributed by atoms with E-state index in [-0.39, 0.29) is 4.90 Å². The molecule has 0 N–H and O–H groups in total. The van der Waals surface area contributed by atoms with Gasteiger partial charge in [0.05, 0.1) is 4.90 Å². The lowest BCUT2D eigenvalue weighted by molar-refractivity contribution is 0.171. The van der Waals surface area contributed by atoms with E-state index in [4.69, 9.17) is 9.47 Å². The minimum atomic E-state index is -3.68. The monoisotopic (exact) mass is 407 g/mol. The summed E-state index contributed by atoms with van der Waals surface area (Å²) in [6.07, 6.45) is 0. The molecule has 136 valence electrons. The van der Waals surface area contributed by atoms with Crippen molar-refractivity contribution in [2.24, 2.45) is 0 Å². The minimum Gasteiger partial charge on any atom is -0.486 e. The predicted octanol–water partition coefficient (Wildman–Crippen LogP) is 3.97. The maximum Gasteiger partial charge on any atom is 0.243 e. The Hall–Kier alpha value is -1.87. The molecule has 1 aliphatic heterocycles. The van der Waals surface area contributed by atoms with E-state index in [0.29, 0.717) is 37.8 Å². The summed E-state index contributed by atoms with van der Waals surface area (Å²) in [6, 6.07) is 12.6. The lowest BCUT2D eigenvalue weighted by Gasteiger charge is -2.23. The molecule has 0 fully saturated rings. The number of thiophene rings is 2. The summed E-state index contributed by atoms with van der Waals surface area (Å²) < 4.78 is 39.2. The molecule has 0 bridgehead atoms. The Morgan fingerprint density at radius 2 is 1.50 bits per heavy atom. The zero-order chi connectivity index (χ0) is 18.0. The molecule has 26 heavy (non-hydrogen) atoms. The Kier molecular flexibility index (Phi) is 4.99. The van der Waals surface area contributed by atoms with Crippen LogP contribution in [0.15, 0.2) is 58.1 Å². The maximum atomic E-state index is 13.3. The molecule has 0 saturated heterocycles. The van der Waals surface area contributed by atoms with Crippen LogP contribution in [0.2, 0.25) is 0 Å². The quantitative estimate of drug-likeness (QED) is 0.620. The van der Waals surface area contributed by atoms with Crippen LogP contribution in [0.5, 0.6) is 11.5 Å². The van der Waals surface area contributed by atoms with Crippen molar-refractivity contribution in [1.29, 1.82) is 0 Å². The molecule has 0 radical (unpaired) electrons. The Bertz CT molecular complexity index is 930. The first-order valence-corrected chi connectivity index (χ1v) is 11.3. The second kappa shape index (κ2) is 7.40. The van der Waals surface area contributed by atoms with Crippen LogP contribution in [0.1, 0.15) is 9.75 Å². The summed E-state index contributed by atoms with van der Waals surface area (Å²) in [4.78, 5) is 2.22. The topological polar surface area (TPSA) is 55.8 Å². The van der Waals surface area contributed by atoms with Crippen LogP contribution in [-0.4, -0.2) is 25.9 Å². The standard InChI is InChI=1S/C18H17NO4S3/c20-26(21,16-5-6-17-18(11-16)23-8-7-22-17)19(12-14-3-1-9-24-14)13-15-4-2-10-25-15/h1-6,9-11H,7-8,12-13H2. The molecular formula is C18H17NO4S3. The van der Waals surface area contributed by atoms with Gasteiger partial charge >= 0.3 is 0 Å². The first-order valence-electron chi connectivity index (χ1n) is 8.07. The zero-order valence-electron chi connectivity index (χ0n) is 13.8. The summed E-state index contributed by atoms with van der Waals surface area (Å²) in [5.74, 6) is 1.06. The van der Waals surface area contributed by atoms with Crippen molar-refractivity contribution >= 4 is 32.7 Å². The van der Waals surface area contributed by atoms with Crippen LogP contribution in [0.25, 0.3) is 0 Å². The lowest BCUT2D eigenvalue weighted by atomic mass is 10.3. The molecule has 3 aromatic rings. The highest BCUT2D eigenvalue weighted by Crippen LogP contribution is 2.34. The molecule has 0 aliphatic carbocycles. The fourth-order valence-corrected chi connectivity index (χ4v) is 5.73. The third-order valence-electron chi connectivity index (χ3n) is 3.98. The predicted molar refractivity (Wildman–Crippen MR) is 103 cm³/mol. The number of sulfonamides is 1. The molecule has 3 heterocycles. The summed E-state index contributed by atoms with van der Waals surface area (Å²) >= 11 is 3.10. The summed E-state index contributed by atoms with van der Waals surface area (Å²) in [5.41, 5.74) is 0. The van der Waals surface area contributed by atoms with Crippen LogP contribution in [0.3, 0.4) is 0 Å². The number of hydrogen-bond acceptors (Lipinski definition) is 6. The van der Waals surface area contributed by atoms with Gasteiger partial charge in [0, 0.05) is 28.9 Å². The van der Waals surface area contributed by atoms with Crippen LogP contribution in [-0.2, 0) is 23.1 Å². The zero-order valence-corrected chi connectivity index (χ0v) is 16.3. The van der Waals surface area contributed by atoms with E-state index in [1.165, 1.54) is 4.31 Å². The first kappa shape index (κ1) is 17.5. The number of nitrogens with zero attached hydrogens (tertiary/aromatic N) is 1. The van der Waals surface area contributed by atoms with Crippen LogP contribution in [0, 0.1) is 0 Å². The van der Waals surface area contributed by atoms with Crippen molar-refractivity contribution in [2.45, 2.75) is 18.0 Å². The molecule has 0 atom stereocenters. The first-order chi connectivity index (χ1) is 12.6. The minimum absolute atomic E-state index is 0.217. The van der Waals surface area contributed by atoms with Gasteiger partial charge in [-0.25, -0.2) is 8.42 Å². The van der Waals surface area contributed by atoms with Crippen molar-refractivity contribution in [2.75, 3.05) is 13.2 Å². The van der Waals surface area contributed by atoms with Crippen molar-refractivity contribution in [3.63, 3.8) is 0 Å². The molecule has 0 spiro atoms. The molecule has 1 aliphatic rings. The van der Waals surface area contributed by atoms with Crippen molar-refractivity contribution in [3.8, 4) is 11.5 Å². The molecular weight excluding hydrogens is 390 g/mol. The van der Waals surface area contributed by atoms with Crippen molar-refractivity contribution < 1.29 is 17.9 Å². The second-order valence-electron chi connectivity index (χ2n) is 5.74. The SMILES string of the molecule is O=S(=O)(c1ccc2c(c1)OCCO2)N(Cc1cccs1)Cc1cccs1. The van der Waals surface area contributed by atoms with Gasteiger partial charge in [-0.05, 0) is 35.0 Å². The lowest BCUT2D eigenvalue weighted by Crippen LogP contribution is -2.30. The van der Waals surface area contributed by atoms with Gasteiger partial charge in [-0.1, -0.05) is 12.1 Å². The molecule has 0 unspecified atom stereocenters. The Morgan fingerprint density at radius 1 is 0.885 bits per heavy atom. The van der Waals surface area contributed by atoms with Gasteiger partial charge in [-0.2, -0.15) is 4.31 Å². The van der Waals surface area contributed by atoms with Gasteiger partial charge < -0.3 is 9.47 Å². The fraction of sp³-hybridized carbons (Fsp3) is 0.222. The van der Waals surface area contributed by atoms with Gasteiger partial charge in [-0.3, -0.25) is 0 Å². The number of hydrogen-bond donors (Lipinski definition) is 0. The van der Waals surface area contributed by atoms with Gasteiger partial charge in [0.2, 0.25) is 10.0 Å². The number of fused-ring (bicyclic) bond motifs is 1. The Morgan fingerprint density at radius 3 is 2.08 bits per heavy atom. The summed E-state index contributed by atoms with van der Waals surface area (Å²) in [5, 5.41) is 3.91. The molecule has 4 rings (SSSR count). The normalized spacial score (nSPS) is 13.9. The molecule has 2 aromatic heterocycles. The maximum absolute atomic E-state index is 13.3. The fourth-order valence-electron chi connectivity index (χ4n) is 2.71. The largest absolute Gasteiger partial charge is 0.486 e. The van der Waals surface area contributed by atoms with Crippen molar-refractivity contribution in [1.82, 2.24) is 4.31 Å². The van der Waals surface area contributed by atoms with E-state index < -0.39 is 10.0 Å². The average Bonchev–Trinajstić information content (AvgIpc) is 3.35. The van der Waals surface area contributed by atoms with E-state index in [9.17, 15) is 8.42 Å². The van der Waals surface area contributed by atoms with E-state index >= 15 is 0 Å². The third-order valence-corrected chi connectivity index (χ3v) is 7.49. The highest BCUT2D eigenvalue weighted by Gasteiger charge is 2.27. The Labute approximate surface area is 160 Å². The van der Waals surface area contributed by atoms with Crippen LogP contribution >= 0.6 is 22.7 Å². The van der Waals surface area contributed by atoms with E-state index in [1.54, 1.807) is 40.9 Å². The highest BCUT2D eigenvalue weighted by molar-refractivity contribution is 7.89. The summed E-state index contributed by atoms with van der Waals surface area (Å²) in [7, 11) is -3.68. The molecule has 8 heteroatoms. The summed E-state index contributed by atoms with van der Waals surface area (Å²) in [6.45, 7) is 1.57. The molecule has 5 nitrogen and oxygen atoms in total. The van der Waals surface area contributed by atoms with Gasteiger partial charge in [0.25, 0.3) is 0 Å². The average molecular weight is 408 g/mol. The van der Waals surface area contributed by atoms with Crippen LogP contribution in [0.4, 0.5) is 0 Å². The third kappa shape index (κ3) is 3.64. The highest BCUT2D eigenvalue weighted by atomic mass is 32.2. The van der Waals surface area contributed by atoms with E-state index in [1.807, 2.05) is 35.0 Å². The Balaban J connectivity index is 1.68. The van der Waals surface area contributed by atoms with Crippen molar-refractivity contribution in [3.05, 3.63) is 63.0 Å². The van der Waals surface area contributed by atoms with E-state index in [2.05, 4.69) is 0 Å². The van der Waals surface area contributed by atoms with E-state index in [0.717, 1.165) is 9.75 Å². The number of ether oxygens (including phenoxy) is 2. The number of rotatable bonds is 6. The van der Waals surface area contributed by atoms with Gasteiger partial charge in [0.1, 0.15) is 13.2 Å². The molecule has 0 saturated carbocycles. The van der Waals surface area contributed by atoms with Crippen LogP contribution < -0.4 is 9.47 Å². The smallest absolute Gasteiger partial charge is 0.243 e.